The van der Waals surface area contributed by atoms with Gasteiger partial charge in [-0.2, -0.15) is 5.10 Å². The molecule has 0 radical (unpaired) electrons. The van der Waals surface area contributed by atoms with Gasteiger partial charge in [0.1, 0.15) is 6.61 Å². The van der Waals surface area contributed by atoms with Gasteiger partial charge in [0.15, 0.2) is 11.5 Å². The third kappa shape index (κ3) is 4.49. The highest BCUT2D eigenvalue weighted by molar-refractivity contribution is 5.88. The number of benzene rings is 2. The molecule has 0 aromatic heterocycles. The number of amides is 1. The van der Waals surface area contributed by atoms with Gasteiger partial charge in [-0.3, -0.25) is 4.79 Å². The molecule has 0 bridgehead atoms. The zero-order chi connectivity index (χ0) is 20.3. The predicted octanol–water partition coefficient (Wildman–Crippen LogP) is 1.64. The van der Waals surface area contributed by atoms with Crippen molar-refractivity contribution in [2.24, 2.45) is 5.10 Å². The highest BCUT2D eigenvalue weighted by Gasteiger charge is 2.28. The van der Waals surface area contributed by atoms with Crippen molar-refractivity contribution in [1.82, 2.24) is 5.43 Å². The summed E-state index contributed by atoms with van der Waals surface area (Å²) in [6.45, 7) is 6.37. The molecule has 1 heterocycles. The molecular weight excluding hydrogens is 360 g/mol. The topological polar surface area (TPSA) is 100 Å². The van der Waals surface area contributed by atoms with E-state index in [9.17, 15) is 14.7 Å². The number of carbonyl (C=O) groups excluding carboxylic acids is 2. The van der Waals surface area contributed by atoms with Crippen LogP contribution in [0.5, 0.6) is 11.5 Å². The molecule has 7 heteroatoms. The smallest absolute Gasteiger partial charge is 0.284 e. The zero-order valence-corrected chi connectivity index (χ0v) is 15.9. The fourth-order valence-corrected chi connectivity index (χ4v) is 2.62. The number of rotatable bonds is 4. The second kappa shape index (κ2) is 7.72. The van der Waals surface area contributed by atoms with E-state index in [2.05, 4.69) is 31.3 Å². The second-order valence-corrected chi connectivity index (χ2v) is 7.47. The monoisotopic (exact) mass is 381 g/mol. The molecular formula is C21H21N2O5-. The van der Waals surface area contributed by atoms with Gasteiger partial charge in [0, 0.05) is 0 Å². The molecule has 0 saturated heterocycles. The fourth-order valence-electron chi connectivity index (χ4n) is 2.62. The van der Waals surface area contributed by atoms with Gasteiger partial charge in [0.05, 0.1) is 12.2 Å². The number of carboxylic acids is 1. The van der Waals surface area contributed by atoms with Crippen LogP contribution < -0.4 is 20.0 Å². The summed E-state index contributed by atoms with van der Waals surface area (Å²) in [6, 6.07) is 11.6. The molecule has 1 atom stereocenters. The Morgan fingerprint density at radius 3 is 2.50 bits per heavy atom. The highest BCUT2D eigenvalue weighted by atomic mass is 16.6. The quantitative estimate of drug-likeness (QED) is 0.641. The first kappa shape index (κ1) is 19.4. The number of nitrogens with zero attached hydrogens (tertiary/aromatic N) is 1. The van der Waals surface area contributed by atoms with Crippen LogP contribution in [-0.2, 0) is 10.2 Å². The third-order valence-corrected chi connectivity index (χ3v) is 4.30. The van der Waals surface area contributed by atoms with Crippen LogP contribution in [0.15, 0.2) is 47.6 Å². The lowest BCUT2D eigenvalue weighted by Gasteiger charge is -2.27. The molecule has 0 spiro atoms. The number of fused-ring (bicyclic) bond motifs is 1. The molecule has 0 unspecified atom stereocenters. The molecule has 1 aliphatic heterocycles. The number of hydrogen-bond acceptors (Lipinski definition) is 6. The van der Waals surface area contributed by atoms with E-state index in [-0.39, 0.29) is 17.6 Å². The molecule has 146 valence electrons. The van der Waals surface area contributed by atoms with Gasteiger partial charge in [-0.15, -0.1) is 0 Å². The van der Waals surface area contributed by atoms with Crippen molar-refractivity contribution < 1.29 is 24.2 Å². The van der Waals surface area contributed by atoms with E-state index < -0.39 is 18.0 Å². The number of carbonyl (C=O) groups is 2. The van der Waals surface area contributed by atoms with Crippen molar-refractivity contribution in [1.29, 1.82) is 0 Å². The van der Waals surface area contributed by atoms with Crippen LogP contribution in [0.25, 0.3) is 0 Å². The van der Waals surface area contributed by atoms with E-state index in [0.29, 0.717) is 17.1 Å². The lowest BCUT2D eigenvalue weighted by atomic mass is 9.87. The van der Waals surface area contributed by atoms with Gasteiger partial charge >= 0.3 is 0 Å². The van der Waals surface area contributed by atoms with E-state index in [1.165, 1.54) is 18.3 Å². The largest absolute Gasteiger partial charge is 0.545 e. The van der Waals surface area contributed by atoms with E-state index in [4.69, 9.17) is 9.47 Å². The predicted molar refractivity (Wildman–Crippen MR) is 102 cm³/mol. The zero-order valence-electron chi connectivity index (χ0n) is 15.9. The number of nitrogens with one attached hydrogen (secondary N) is 1. The van der Waals surface area contributed by atoms with E-state index in [0.717, 1.165) is 5.56 Å². The van der Waals surface area contributed by atoms with Crippen molar-refractivity contribution in [2.75, 3.05) is 6.61 Å². The minimum absolute atomic E-state index is 0.0515. The summed E-state index contributed by atoms with van der Waals surface area (Å²) in [6.07, 6.45) is 0.590. The molecule has 7 nitrogen and oxygen atoms in total. The summed E-state index contributed by atoms with van der Waals surface area (Å²) in [5, 5.41) is 14.6. The lowest BCUT2D eigenvalue weighted by Crippen LogP contribution is -2.42. The van der Waals surface area contributed by atoms with Crippen molar-refractivity contribution in [3.63, 3.8) is 0 Å². The minimum atomic E-state index is -1.25. The summed E-state index contributed by atoms with van der Waals surface area (Å²) < 4.78 is 11.4. The Bertz CT molecular complexity index is 913. The number of carboxylic acid groups (broad SMARTS) is 1. The maximum Gasteiger partial charge on any atom is 0.284 e. The van der Waals surface area contributed by atoms with E-state index in [1.54, 1.807) is 12.1 Å². The van der Waals surface area contributed by atoms with Crippen molar-refractivity contribution in [2.45, 2.75) is 32.3 Å². The van der Waals surface area contributed by atoms with Crippen LogP contribution in [0.4, 0.5) is 0 Å². The van der Waals surface area contributed by atoms with Crippen LogP contribution in [0.3, 0.4) is 0 Å². The van der Waals surface area contributed by atoms with Crippen molar-refractivity contribution >= 4 is 18.1 Å². The summed E-state index contributed by atoms with van der Waals surface area (Å²) in [5.74, 6) is -0.551. The van der Waals surface area contributed by atoms with Gasteiger partial charge < -0.3 is 19.4 Å². The minimum Gasteiger partial charge on any atom is -0.545 e. The number of aromatic carboxylic acids is 1. The normalized spacial score (nSPS) is 16.0. The van der Waals surface area contributed by atoms with Gasteiger partial charge in [0.25, 0.3) is 5.91 Å². The fraction of sp³-hybridized carbons (Fsp3) is 0.286. The van der Waals surface area contributed by atoms with E-state index >= 15 is 0 Å². The molecule has 0 fully saturated rings. The molecule has 1 amide bonds. The first-order valence-electron chi connectivity index (χ1n) is 8.82. The molecule has 1 N–H and O–H groups in total. The van der Waals surface area contributed by atoms with Gasteiger partial charge in [-0.1, -0.05) is 51.1 Å². The summed E-state index contributed by atoms with van der Waals surface area (Å²) >= 11 is 0. The van der Waals surface area contributed by atoms with Crippen LogP contribution in [-0.4, -0.2) is 30.8 Å². The Balaban J connectivity index is 1.62. The molecule has 0 saturated carbocycles. The average molecular weight is 381 g/mol. The average Bonchev–Trinajstić information content (AvgIpc) is 2.66. The maximum atomic E-state index is 12.3. The van der Waals surface area contributed by atoms with Crippen LogP contribution >= 0.6 is 0 Å². The van der Waals surface area contributed by atoms with E-state index in [1.807, 2.05) is 18.2 Å². The van der Waals surface area contributed by atoms with Crippen LogP contribution in [0.2, 0.25) is 0 Å². The molecule has 2 aromatic carbocycles. The van der Waals surface area contributed by atoms with Gasteiger partial charge in [0.2, 0.25) is 6.10 Å². The summed E-state index contributed by atoms with van der Waals surface area (Å²) in [7, 11) is 0. The molecule has 1 aliphatic rings. The Morgan fingerprint density at radius 1 is 1.14 bits per heavy atom. The van der Waals surface area contributed by atoms with Crippen molar-refractivity contribution in [3.8, 4) is 11.5 Å². The number of hydrogen-bond donors (Lipinski definition) is 1. The van der Waals surface area contributed by atoms with Crippen LogP contribution in [0.1, 0.15) is 42.3 Å². The van der Waals surface area contributed by atoms with Gasteiger partial charge in [-0.25, -0.2) is 5.43 Å². The molecule has 0 aliphatic carbocycles. The molecule has 3 rings (SSSR count). The first-order chi connectivity index (χ1) is 13.2. The van der Waals surface area contributed by atoms with Gasteiger partial charge in [-0.05, 0) is 34.2 Å². The lowest BCUT2D eigenvalue weighted by molar-refractivity contribution is -0.255. The number of ether oxygens (including phenoxy) is 2. The van der Waals surface area contributed by atoms with Crippen molar-refractivity contribution in [3.05, 3.63) is 59.2 Å². The maximum absolute atomic E-state index is 12.3. The standard InChI is InChI=1S/C21H22N2O5/c1-21(2,3)15-8-9-16-17(10-15)28-18(12-27-16)19(24)23-22-11-13-4-6-14(7-5-13)20(25)26/h4-11,18H,12H2,1-3H3,(H,23,24)(H,25,26)/p-1/t18-/m1/s1. The Kier molecular flexibility index (Phi) is 5.35. The Labute approximate surface area is 163 Å². The number of hydrazone groups is 1. The Morgan fingerprint density at radius 2 is 1.86 bits per heavy atom. The molecule has 2 aromatic rings. The SMILES string of the molecule is CC(C)(C)c1ccc2c(c1)O[C@@H](C(=O)NN=Cc1ccc(C(=O)[O-])cc1)CO2. The highest BCUT2D eigenvalue weighted by Crippen LogP contribution is 2.36. The second-order valence-electron chi connectivity index (χ2n) is 7.47. The third-order valence-electron chi connectivity index (χ3n) is 4.30. The summed E-state index contributed by atoms with van der Waals surface area (Å²) in [5.41, 5.74) is 4.14. The first-order valence-corrected chi connectivity index (χ1v) is 8.82. The summed E-state index contributed by atoms with van der Waals surface area (Å²) in [4.78, 5) is 23.0. The Hall–Kier alpha value is -3.35. The van der Waals surface area contributed by atoms with Crippen LogP contribution in [0, 0.1) is 0 Å². The molecule has 28 heavy (non-hydrogen) atoms.